The Morgan fingerprint density at radius 2 is 1.05 bits per heavy atom. The summed E-state index contributed by atoms with van der Waals surface area (Å²) in [6.07, 6.45) is 0. The summed E-state index contributed by atoms with van der Waals surface area (Å²) in [7, 11) is 3.81. The van der Waals surface area contributed by atoms with E-state index in [2.05, 4.69) is 0 Å². The molecule has 3 nitrogen and oxygen atoms in total. The molecule has 0 aromatic heterocycles. The van der Waals surface area contributed by atoms with Crippen molar-refractivity contribution >= 4 is 11.6 Å². The molecule has 0 spiro atoms. The van der Waals surface area contributed by atoms with Crippen molar-refractivity contribution in [1.29, 1.82) is 0 Å². The summed E-state index contributed by atoms with van der Waals surface area (Å²) < 4.78 is 0.349. The van der Waals surface area contributed by atoms with Crippen LogP contribution in [0.3, 0.4) is 0 Å². The van der Waals surface area contributed by atoms with Crippen molar-refractivity contribution in [3.63, 3.8) is 0 Å². The van der Waals surface area contributed by atoms with Gasteiger partial charge in [0.15, 0.2) is 0 Å². The van der Waals surface area contributed by atoms with Gasteiger partial charge in [0.05, 0.1) is 14.1 Å². The molecular weight excluding hydrogens is 262 g/mol. The van der Waals surface area contributed by atoms with Gasteiger partial charge < -0.3 is 4.48 Å². The number of hydrogen-bond acceptors (Lipinski definition) is 2. The second kappa shape index (κ2) is 6.46. The maximum absolute atomic E-state index is 12.3. The topological polar surface area (TPSA) is 34.1 Å². The number of hydrogen-bond donors (Lipinski definition) is 0. The van der Waals surface area contributed by atoms with Crippen LogP contribution in [0.25, 0.3) is 0 Å². The second-order valence-electron chi connectivity index (χ2n) is 5.83. The normalized spacial score (nSPS) is 11.1. The summed E-state index contributed by atoms with van der Waals surface area (Å²) in [5, 5.41) is 0. The summed E-state index contributed by atoms with van der Waals surface area (Å²) in [4.78, 5) is 24.5. The van der Waals surface area contributed by atoms with Gasteiger partial charge in [-0.25, -0.2) is 0 Å². The van der Waals surface area contributed by atoms with Gasteiger partial charge >= 0.3 is 0 Å². The molecular formula is C18H20NO2+. The smallest absolute Gasteiger partial charge is 0.216 e. The van der Waals surface area contributed by atoms with Crippen LogP contribution in [0.15, 0.2) is 60.7 Å². The lowest BCUT2D eigenvalue weighted by Crippen LogP contribution is -2.47. The van der Waals surface area contributed by atoms with E-state index in [4.69, 9.17) is 0 Å². The molecule has 0 aliphatic rings. The van der Waals surface area contributed by atoms with E-state index < -0.39 is 0 Å². The highest BCUT2D eigenvalue weighted by molar-refractivity contribution is 5.98. The Kier molecular flexibility index (Phi) is 4.66. The summed E-state index contributed by atoms with van der Waals surface area (Å²) in [5.74, 6) is 0.114. The van der Waals surface area contributed by atoms with Gasteiger partial charge in [0.2, 0.25) is 11.6 Å². The van der Waals surface area contributed by atoms with Gasteiger partial charge in [-0.2, -0.15) is 0 Å². The van der Waals surface area contributed by atoms with Gasteiger partial charge in [-0.1, -0.05) is 60.7 Å². The fourth-order valence-corrected chi connectivity index (χ4v) is 2.26. The number of quaternary nitrogens is 1. The molecule has 0 amide bonds. The lowest BCUT2D eigenvalue weighted by atomic mass is 10.1. The summed E-state index contributed by atoms with van der Waals surface area (Å²) >= 11 is 0. The molecule has 0 heterocycles. The van der Waals surface area contributed by atoms with E-state index >= 15 is 0 Å². The van der Waals surface area contributed by atoms with Crippen molar-refractivity contribution < 1.29 is 14.1 Å². The van der Waals surface area contributed by atoms with Crippen LogP contribution in [0.4, 0.5) is 0 Å². The van der Waals surface area contributed by atoms with Crippen LogP contribution in [0.2, 0.25) is 0 Å². The average Bonchev–Trinajstić information content (AvgIpc) is 2.48. The Bertz CT molecular complexity index is 563. The largest absolute Gasteiger partial charge is 0.316 e. The highest BCUT2D eigenvalue weighted by Gasteiger charge is 2.24. The Labute approximate surface area is 125 Å². The molecule has 2 aromatic rings. The zero-order chi connectivity index (χ0) is 15.3. The Morgan fingerprint density at radius 1 is 0.714 bits per heavy atom. The standard InChI is InChI=1S/C18H20NO2/c1-19(2,13-17(20)15-9-5-3-6-10-15)14-18(21)16-11-7-4-8-12-16/h3-12H,13-14H2,1-2H3/q+1. The average molecular weight is 282 g/mol. The highest BCUT2D eigenvalue weighted by atomic mass is 16.1. The molecule has 108 valence electrons. The minimum absolute atomic E-state index is 0.0569. The van der Waals surface area contributed by atoms with E-state index in [1.807, 2.05) is 50.5 Å². The van der Waals surface area contributed by atoms with Gasteiger partial charge in [-0.3, -0.25) is 9.59 Å². The molecule has 0 radical (unpaired) electrons. The van der Waals surface area contributed by atoms with Crippen molar-refractivity contribution in [2.75, 3.05) is 27.2 Å². The molecule has 21 heavy (non-hydrogen) atoms. The van der Waals surface area contributed by atoms with E-state index in [1.165, 1.54) is 0 Å². The van der Waals surface area contributed by atoms with Gasteiger partial charge in [0.25, 0.3) is 0 Å². The van der Waals surface area contributed by atoms with Crippen LogP contribution >= 0.6 is 0 Å². The Balaban J connectivity index is 2.02. The first-order chi connectivity index (χ1) is 9.98. The molecule has 2 rings (SSSR count). The van der Waals surface area contributed by atoms with Crippen molar-refractivity contribution in [3.8, 4) is 0 Å². The number of ketones is 2. The summed E-state index contributed by atoms with van der Waals surface area (Å²) in [5.41, 5.74) is 1.38. The first kappa shape index (κ1) is 15.1. The van der Waals surface area contributed by atoms with E-state index in [9.17, 15) is 9.59 Å². The molecule has 2 aromatic carbocycles. The molecule has 0 N–H and O–H groups in total. The lowest BCUT2D eigenvalue weighted by Gasteiger charge is -2.28. The quantitative estimate of drug-likeness (QED) is 0.603. The number of benzene rings is 2. The van der Waals surface area contributed by atoms with Crippen LogP contribution in [0.5, 0.6) is 0 Å². The van der Waals surface area contributed by atoms with Gasteiger partial charge in [0, 0.05) is 11.1 Å². The van der Waals surface area contributed by atoms with Gasteiger partial charge in [-0.15, -0.1) is 0 Å². The number of rotatable bonds is 6. The fraction of sp³-hybridized carbons (Fsp3) is 0.222. The van der Waals surface area contributed by atoms with E-state index in [-0.39, 0.29) is 11.6 Å². The van der Waals surface area contributed by atoms with Crippen LogP contribution < -0.4 is 0 Å². The third-order valence-corrected chi connectivity index (χ3v) is 3.33. The summed E-state index contributed by atoms with van der Waals surface area (Å²) in [6, 6.07) is 18.4. The molecule has 0 saturated heterocycles. The first-order valence-electron chi connectivity index (χ1n) is 6.96. The molecule has 0 aliphatic heterocycles. The number of carbonyl (C=O) groups excluding carboxylic acids is 2. The van der Waals surface area contributed by atoms with Gasteiger partial charge in [0.1, 0.15) is 13.1 Å². The van der Waals surface area contributed by atoms with Crippen LogP contribution in [-0.4, -0.2) is 43.2 Å². The third-order valence-electron chi connectivity index (χ3n) is 3.33. The zero-order valence-corrected chi connectivity index (χ0v) is 12.5. The van der Waals surface area contributed by atoms with Crippen LogP contribution in [-0.2, 0) is 0 Å². The summed E-state index contributed by atoms with van der Waals surface area (Å²) in [6.45, 7) is 0.616. The third kappa shape index (κ3) is 4.36. The zero-order valence-electron chi connectivity index (χ0n) is 12.5. The number of Topliss-reactive ketones (excluding diaryl/α,β-unsaturated/α-hetero) is 2. The number of carbonyl (C=O) groups is 2. The van der Waals surface area contributed by atoms with Crippen LogP contribution in [0.1, 0.15) is 20.7 Å². The van der Waals surface area contributed by atoms with E-state index in [0.29, 0.717) is 28.7 Å². The van der Waals surface area contributed by atoms with E-state index in [0.717, 1.165) is 0 Å². The van der Waals surface area contributed by atoms with Crippen molar-refractivity contribution in [3.05, 3.63) is 71.8 Å². The van der Waals surface area contributed by atoms with Crippen molar-refractivity contribution in [1.82, 2.24) is 0 Å². The Morgan fingerprint density at radius 3 is 1.38 bits per heavy atom. The number of likely N-dealkylation sites (N-methyl/N-ethyl adjacent to an activating group) is 1. The highest BCUT2D eigenvalue weighted by Crippen LogP contribution is 2.08. The van der Waals surface area contributed by atoms with Crippen molar-refractivity contribution in [2.24, 2.45) is 0 Å². The van der Waals surface area contributed by atoms with Crippen molar-refractivity contribution in [2.45, 2.75) is 0 Å². The molecule has 0 fully saturated rings. The predicted octanol–water partition coefficient (Wildman–Crippen LogP) is 2.83. The maximum atomic E-state index is 12.3. The lowest BCUT2D eigenvalue weighted by molar-refractivity contribution is -0.873. The Hall–Kier alpha value is -2.26. The minimum atomic E-state index is 0.0569. The van der Waals surface area contributed by atoms with Crippen LogP contribution in [0, 0.1) is 0 Å². The predicted molar refractivity (Wildman–Crippen MR) is 83.4 cm³/mol. The van der Waals surface area contributed by atoms with Gasteiger partial charge in [-0.05, 0) is 0 Å². The SMILES string of the molecule is C[N+](C)(CC(=O)c1ccccc1)CC(=O)c1ccccc1. The second-order valence-corrected chi connectivity index (χ2v) is 5.83. The molecule has 0 saturated carbocycles. The molecule has 0 unspecified atom stereocenters. The first-order valence-corrected chi connectivity index (χ1v) is 6.96. The minimum Gasteiger partial charge on any atom is -0.316 e. The van der Waals surface area contributed by atoms with E-state index in [1.54, 1.807) is 24.3 Å². The number of nitrogens with zero attached hydrogens (tertiary/aromatic N) is 1. The molecule has 3 heteroatoms. The monoisotopic (exact) mass is 282 g/mol. The fourth-order valence-electron chi connectivity index (χ4n) is 2.26. The maximum Gasteiger partial charge on any atom is 0.216 e. The molecule has 0 bridgehead atoms. The molecule has 0 aliphatic carbocycles. The molecule has 0 atom stereocenters.